The van der Waals surface area contributed by atoms with Crippen molar-refractivity contribution in [1.29, 1.82) is 0 Å². The van der Waals surface area contributed by atoms with Crippen molar-refractivity contribution in [1.82, 2.24) is 5.32 Å². The molecule has 0 aromatic heterocycles. The van der Waals surface area contributed by atoms with Gasteiger partial charge in [0, 0.05) is 18.0 Å². The average molecular weight is 354 g/mol. The number of carbonyl (C=O) groups excluding carboxylic acids is 2. The van der Waals surface area contributed by atoms with Crippen molar-refractivity contribution in [3.05, 3.63) is 59.7 Å². The van der Waals surface area contributed by atoms with Gasteiger partial charge in [-0.25, -0.2) is 0 Å². The number of amides is 2. The zero-order valence-corrected chi connectivity index (χ0v) is 15.5. The van der Waals surface area contributed by atoms with Crippen LogP contribution in [0, 0.1) is 6.92 Å². The van der Waals surface area contributed by atoms with Crippen molar-refractivity contribution in [2.75, 3.05) is 11.4 Å². The van der Waals surface area contributed by atoms with Crippen LogP contribution in [0.4, 0.5) is 5.69 Å². The molecule has 0 fully saturated rings. The zero-order valence-electron chi connectivity index (χ0n) is 14.7. The Labute approximate surface area is 152 Å². The Kier molecular flexibility index (Phi) is 4.86. The molecule has 25 heavy (non-hydrogen) atoms. The average Bonchev–Trinajstić information content (AvgIpc) is 2.61. The number of thioether (sulfide) groups is 1. The SMILES string of the molecule is CCN1C(=O)C(C)(C(=O)NCc2cccc(C)c2)Sc2ccccc21. The topological polar surface area (TPSA) is 49.4 Å². The summed E-state index contributed by atoms with van der Waals surface area (Å²) >= 11 is 1.33. The lowest BCUT2D eigenvalue weighted by Crippen LogP contribution is -2.56. The number of carbonyl (C=O) groups is 2. The van der Waals surface area contributed by atoms with E-state index in [-0.39, 0.29) is 11.8 Å². The van der Waals surface area contributed by atoms with E-state index in [9.17, 15) is 9.59 Å². The Morgan fingerprint density at radius 1 is 1.20 bits per heavy atom. The number of fused-ring (bicyclic) bond motifs is 1. The first-order valence-electron chi connectivity index (χ1n) is 8.39. The molecular formula is C20H22N2O2S. The van der Waals surface area contributed by atoms with Gasteiger partial charge in [0.05, 0.1) is 5.69 Å². The lowest BCUT2D eigenvalue weighted by molar-refractivity contribution is -0.131. The molecule has 2 aromatic carbocycles. The number of aryl methyl sites for hydroxylation is 1. The molecule has 0 radical (unpaired) electrons. The Morgan fingerprint density at radius 3 is 2.68 bits per heavy atom. The minimum atomic E-state index is -1.16. The minimum Gasteiger partial charge on any atom is -0.350 e. The van der Waals surface area contributed by atoms with Crippen LogP contribution in [-0.2, 0) is 16.1 Å². The standard InChI is InChI=1S/C20H22N2O2S/c1-4-22-16-10-5-6-11-17(16)25-20(3,19(22)24)18(23)21-13-15-9-7-8-14(2)12-15/h5-12H,4,13H2,1-3H3,(H,21,23). The highest BCUT2D eigenvalue weighted by Crippen LogP contribution is 2.45. The predicted molar refractivity (Wildman–Crippen MR) is 102 cm³/mol. The maximum atomic E-state index is 13.0. The summed E-state index contributed by atoms with van der Waals surface area (Å²) < 4.78 is -1.16. The van der Waals surface area contributed by atoms with Crippen molar-refractivity contribution in [2.24, 2.45) is 0 Å². The fraction of sp³-hybridized carbons (Fsp3) is 0.300. The summed E-state index contributed by atoms with van der Waals surface area (Å²) in [5.74, 6) is -0.419. The second-order valence-electron chi connectivity index (χ2n) is 6.32. The second-order valence-corrected chi connectivity index (χ2v) is 7.78. The van der Waals surface area contributed by atoms with E-state index in [2.05, 4.69) is 5.32 Å². The maximum Gasteiger partial charge on any atom is 0.252 e. The van der Waals surface area contributed by atoms with Gasteiger partial charge in [-0.2, -0.15) is 0 Å². The number of nitrogens with one attached hydrogen (secondary N) is 1. The third kappa shape index (κ3) is 3.29. The van der Waals surface area contributed by atoms with Crippen LogP contribution in [0.3, 0.4) is 0 Å². The molecule has 4 nitrogen and oxygen atoms in total. The van der Waals surface area contributed by atoms with E-state index in [1.165, 1.54) is 11.8 Å². The molecule has 3 rings (SSSR count). The first-order chi connectivity index (χ1) is 12.0. The van der Waals surface area contributed by atoms with Gasteiger partial charge in [0.15, 0.2) is 4.75 Å². The first-order valence-corrected chi connectivity index (χ1v) is 9.21. The molecule has 0 spiro atoms. The van der Waals surface area contributed by atoms with Gasteiger partial charge in [-0.15, -0.1) is 0 Å². The summed E-state index contributed by atoms with van der Waals surface area (Å²) in [5, 5.41) is 2.93. The van der Waals surface area contributed by atoms with Crippen LogP contribution >= 0.6 is 11.8 Å². The summed E-state index contributed by atoms with van der Waals surface area (Å²) in [6, 6.07) is 15.7. The highest BCUT2D eigenvalue weighted by Gasteiger charge is 2.48. The Balaban J connectivity index is 1.82. The fourth-order valence-electron chi connectivity index (χ4n) is 3.03. The van der Waals surface area contributed by atoms with E-state index in [0.717, 1.165) is 21.7 Å². The molecule has 1 atom stereocenters. The predicted octanol–water partition coefficient (Wildman–Crippen LogP) is 3.53. The molecular weight excluding hydrogens is 332 g/mol. The van der Waals surface area contributed by atoms with E-state index in [0.29, 0.717) is 13.1 Å². The Morgan fingerprint density at radius 2 is 1.96 bits per heavy atom. The second kappa shape index (κ2) is 6.92. The van der Waals surface area contributed by atoms with Gasteiger partial charge in [0.1, 0.15) is 0 Å². The third-order valence-corrected chi connectivity index (χ3v) is 5.74. The van der Waals surface area contributed by atoms with Crippen molar-refractivity contribution in [3.8, 4) is 0 Å². The number of rotatable bonds is 4. The highest BCUT2D eigenvalue weighted by atomic mass is 32.2. The molecule has 1 aliphatic heterocycles. The molecule has 1 unspecified atom stereocenters. The van der Waals surface area contributed by atoms with Gasteiger partial charge in [-0.05, 0) is 38.5 Å². The smallest absolute Gasteiger partial charge is 0.252 e. The minimum absolute atomic E-state index is 0.166. The molecule has 0 bridgehead atoms. The highest BCUT2D eigenvalue weighted by molar-refractivity contribution is 8.02. The molecule has 0 saturated heterocycles. The molecule has 5 heteroatoms. The third-order valence-electron chi connectivity index (χ3n) is 4.41. The monoisotopic (exact) mass is 354 g/mol. The quantitative estimate of drug-likeness (QED) is 0.855. The summed E-state index contributed by atoms with van der Waals surface area (Å²) in [4.78, 5) is 28.5. The number of nitrogens with zero attached hydrogens (tertiary/aromatic N) is 1. The first kappa shape index (κ1) is 17.5. The lowest BCUT2D eigenvalue weighted by Gasteiger charge is -2.38. The van der Waals surface area contributed by atoms with Crippen LogP contribution < -0.4 is 10.2 Å². The van der Waals surface area contributed by atoms with Crippen molar-refractivity contribution in [3.63, 3.8) is 0 Å². The summed E-state index contributed by atoms with van der Waals surface area (Å²) in [5.41, 5.74) is 3.05. The van der Waals surface area contributed by atoms with Crippen LogP contribution in [0.5, 0.6) is 0 Å². The fourth-order valence-corrected chi connectivity index (χ4v) is 4.26. The number of para-hydroxylation sites is 1. The van der Waals surface area contributed by atoms with Crippen LogP contribution in [-0.4, -0.2) is 23.1 Å². The van der Waals surface area contributed by atoms with Crippen molar-refractivity contribution >= 4 is 29.3 Å². The largest absolute Gasteiger partial charge is 0.350 e. The lowest BCUT2D eigenvalue weighted by atomic mass is 10.1. The van der Waals surface area contributed by atoms with Crippen molar-refractivity contribution < 1.29 is 9.59 Å². The molecule has 1 N–H and O–H groups in total. The molecule has 1 heterocycles. The van der Waals surface area contributed by atoms with Crippen LogP contribution in [0.25, 0.3) is 0 Å². The summed E-state index contributed by atoms with van der Waals surface area (Å²) in [7, 11) is 0. The van der Waals surface area contributed by atoms with E-state index >= 15 is 0 Å². The van der Waals surface area contributed by atoms with E-state index < -0.39 is 4.75 Å². The van der Waals surface area contributed by atoms with Gasteiger partial charge in [-0.3, -0.25) is 9.59 Å². The molecule has 2 amide bonds. The van der Waals surface area contributed by atoms with E-state index in [4.69, 9.17) is 0 Å². The van der Waals surface area contributed by atoms with Crippen LogP contribution in [0.1, 0.15) is 25.0 Å². The van der Waals surface area contributed by atoms with Gasteiger partial charge in [-0.1, -0.05) is 53.7 Å². The van der Waals surface area contributed by atoms with Crippen molar-refractivity contribution in [2.45, 2.75) is 37.0 Å². The van der Waals surface area contributed by atoms with Crippen LogP contribution in [0.15, 0.2) is 53.4 Å². The number of hydrogen-bond acceptors (Lipinski definition) is 3. The Hall–Kier alpha value is -2.27. The van der Waals surface area contributed by atoms with Gasteiger partial charge < -0.3 is 10.2 Å². The van der Waals surface area contributed by atoms with E-state index in [1.807, 2.05) is 62.4 Å². The number of anilines is 1. The summed E-state index contributed by atoms with van der Waals surface area (Å²) in [6.07, 6.45) is 0. The van der Waals surface area contributed by atoms with Gasteiger partial charge >= 0.3 is 0 Å². The number of hydrogen-bond donors (Lipinski definition) is 1. The van der Waals surface area contributed by atoms with Gasteiger partial charge in [0.25, 0.3) is 5.91 Å². The zero-order chi connectivity index (χ0) is 18.0. The number of benzene rings is 2. The Bertz CT molecular complexity index is 821. The van der Waals surface area contributed by atoms with Gasteiger partial charge in [0.2, 0.25) is 5.91 Å². The normalized spacial score (nSPS) is 19.5. The molecule has 0 saturated carbocycles. The molecule has 0 aliphatic carbocycles. The van der Waals surface area contributed by atoms with E-state index in [1.54, 1.807) is 11.8 Å². The maximum absolute atomic E-state index is 13.0. The summed E-state index contributed by atoms with van der Waals surface area (Å²) in [6.45, 7) is 6.61. The van der Waals surface area contributed by atoms with Crippen LogP contribution in [0.2, 0.25) is 0 Å². The molecule has 2 aromatic rings. The molecule has 1 aliphatic rings. The molecule has 130 valence electrons.